The van der Waals surface area contributed by atoms with Crippen molar-refractivity contribution in [3.8, 4) is 17.6 Å². The number of carbonyl (C=O) groups excluding carboxylic acids is 1. The molecule has 0 saturated carbocycles. The van der Waals surface area contributed by atoms with Crippen molar-refractivity contribution in [2.24, 2.45) is 0 Å². The van der Waals surface area contributed by atoms with Gasteiger partial charge in [-0.25, -0.2) is 0 Å². The second-order valence-corrected chi connectivity index (χ2v) is 5.62. The third kappa shape index (κ3) is 5.70. The van der Waals surface area contributed by atoms with E-state index in [0.717, 1.165) is 19.3 Å². The minimum absolute atomic E-state index is 0.0480. The summed E-state index contributed by atoms with van der Waals surface area (Å²) < 4.78 is 0. The van der Waals surface area contributed by atoms with E-state index in [2.05, 4.69) is 17.4 Å². The number of benzene rings is 2. The second-order valence-electron chi connectivity index (χ2n) is 5.62. The van der Waals surface area contributed by atoms with E-state index in [9.17, 15) is 15.0 Å². The Balaban J connectivity index is 1.82. The number of nitrogens with one attached hydrogen (secondary N) is 1. The standard InChI is InChI=1S/C20H20N2O3/c21-14-17(12-16-9-10-18(23)19(24)13-16)20(25)22-11-5-4-8-15-6-2-1-3-7-15/h1-3,6-7,9-10,12-13,23-24H,4-5,8,11H2,(H,22,25)/b17-12-. The molecule has 0 unspecified atom stereocenters. The summed E-state index contributed by atoms with van der Waals surface area (Å²) in [6.07, 6.45) is 4.09. The molecule has 0 spiro atoms. The Bertz CT molecular complexity index is 792. The molecule has 25 heavy (non-hydrogen) atoms. The molecule has 0 atom stereocenters. The van der Waals surface area contributed by atoms with Crippen LogP contribution in [0.1, 0.15) is 24.0 Å². The first kappa shape index (κ1) is 18.1. The summed E-state index contributed by atoms with van der Waals surface area (Å²) in [5.41, 5.74) is 1.68. The number of carbonyl (C=O) groups is 1. The van der Waals surface area contributed by atoms with Crippen LogP contribution in [0.15, 0.2) is 54.1 Å². The van der Waals surface area contributed by atoms with E-state index in [0.29, 0.717) is 12.1 Å². The average Bonchev–Trinajstić information content (AvgIpc) is 2.63. The Morgan fingerprint density at radius 3 is 2.52 bits per heavy atom. The summed E-state index contributed by atoms with van der Waals surface area (Å²) in [4.78, 5) is 12.0. The molecule has 0 aliphatic carbocycles. The Hall–Kier alpha value is -3.26. The Labute approximate surface area is 146 Å². The summed E-state index contributed by atoms with van der Waals surface area (Å²) in [7, 11) is 0. The maximum Gasteiger partial charge on any atom is 0.261 e. The van der Waals surface area contributed by atoms with Gasteiger partial charge in [-0.3, -0.25) is 4.79 Å². The number of nitriles is 1. The fourth-order valence-electron chi connectivity index (χ4n) is 2.34. The Morgan fingerprint density at radius 1 is 1.08 bits per heavy atom. The fraction of sp³-hybridized carbons (Fsp3) is 0.200. The van der Waals surface area contributed by atoms with Crippen molar-refractivity contribution in [1.29, 1.82) is 5.26 Å². The molecular weight excluding hydrogens is 316 g/mol. The molecule has 2 rings (SSSR count). The van der Waals surface area contributed by atoms with Crippen LogP contribution in [0, 0.1) is 11.3 Å². The smallest absolute Gasteiger partial charge is 0.261 e. The van der Waals surface area contributed by atoms with Gasteiger partial charge in [-0.2, -0.15) is 5.26 Å². The van der Waals surface area contributed by atoms with E-state index in [1.54, 1.807) is 0 Å². The van der Waals surface area contributed by atoms with Crippen molar-refractivity contribution in [1.82, 2.24) is 5.32 Å². The molecule has 0 aliphatic heterocycles. The molecule has 5 nitrogen and oxygen atoms in total. The number of nitrogens with zero attached hydrogens (tertiary/aromatic N) is 1. The van der Waals surface area contributed by atoms with Gasteiger partial charge in [-0.15, -0.1) is 0 Å². The van der Waals surface area contributed by atoms with Gasteiger partial charge < -0.3 is 15.5 Å². The van der Waals surface area contributed by atoms with E-state index < -0.39 is 5.91 Å². The van der Waals surface area contributed by atoms with Crippen LogP contribution in [-0.4, -0.2) is 22.7 Å². The molecule has 5 heteroatoms. The molecule has 0 bridgehead atoms. The van der Waals surface area contributed by atoms with E-state index in [1.165, 1.54) is 29.8 Å². The summed E-state index contributed by atoms with van der Waals surface area (Å²) in [6, 6.07) is 16.1. The number of rotatable bonds is 7. The molecule has 0 aromatic heterocycles. The van der Waals surface area contributed by atoms with Gasteiger partial charge >= 0.3 is 0 Å². The highest BCUT2D eigenvalue weighted by Crippen LogP contribution is 2.25. The topological polar surface area (TPSA) is 93.3 Å². The van der Waals surface area contributed by atoms with Crippen LogP contribution < -0.4 is 5.32 Å². The van der Waals surface area contributed by atoms with E-state index in [-0.39, 0.29) is 17.1 Å². The lowest BCUT2D eigenvalue weighted by Crippen LogP contribution is -2.25. The molecule has 0 heterocycles. The first-order valence-corrected chi connectivity index (χ1v) is 8.06. The molecule has 2 aromatic rings. The molecular formula is C20H20N2O3. The molecule has 0 saturated heterocycles. The maximum absolute atomic E-state index is 12.0. The predicted molar refractivity (Wildman–Crippen MR) is 95.8 cm³/mol. The number of amides is 1. The molecule has 0 fully saturated rings. The lowest BCUT2D eigenvalue weighted by atomic mass is 10.1. The molecule has 128 valence electrons. The van der Waals surface area contributed by atoms with Gasteiger partial charge in [0.1, 0.15) is 11.6 Å². The fourth-order valence-corrected chi connectivity index (χ4v) is 2.34. The molecule has 3 N–H and O–H groups in total. The highest BCUT2D eigenvalue weighted by atomic mass is 16.3. The van der Waals surface area contributed by atoms with Crippen molar-refractivity contribution >= 4 is 12.0 Å². The Kier molecular flexibility index (Phi) is 6.61. The minimum Gasteiger partial charge on any atom is -0.504 e. The zero-order valence-corrected chi connectivity index (χ0v) is 13.8. The molecule has 1 amide bonds. The number of aromatic hydroxyl groups is 2. The lowest BCUT2D eigenvalue weighted by Gasteiger charge is -2.05. The summed E-state index contributed by atoms with van der Waals surface area (Å²) in [5.74, 6) is -0.999. The number of aryl methyl sites for hydroxylation is 1. The molecule has 0 aliphatic rings. The van der Waals surface area contributed by atoms with Crippen LogP contribution in [0.25, 0.3) is 6.08 Å². The SMILES string of the molecule is N#C/C(=C/c1ccc(O)c(O)c1)C(=O)NCCCCc1ccccc1. The quantitative estimate of drug-likeness (QED) is 0.313. The summed E-state index contributed by atoms with van der Waals surface area (Å²) >= 11 is 0. The zero-order valence-electron chi connectivity index (χ0n) is 13.8. The number of hydrogen-bond acceptors (Lipinski definition) is 4. The monoisotopic (exact) mass is 336 g/mol. The second kappa shape index (κ2) is 9.14. The van der Waals surface area contributed by atoms with Gasteiger partial charge in [0.05, 0.1) is 0 Å². The number of hydrogen-bond donors (Lipinski definition) is 3. The van der Waals surface area contributed by atoms with Crippen LogP contribution in [-0.2, 0) is 11.2 Å². The van der Waals surface area contributed by atoms with Crippen LogP contribution >= 0.6 is 0 Å². The third-order valence-corrected chi connectivity index (χ3v) is 3.70. The van der Waals surface area contributed by atoms with Crippen molar-refractivity contribution in [3.05, 3.63) is 65.2 Å². The van der Waals surface area contributed by atoms with Crippen LogP contribution in [0.3, 0.4) is 0 Å². The largest absolute Gasteiger partial charge is 0.504 e. The number of phenolic OH excluding ortho intramolecular Hbond substituents is 2. The van der Waals surface area contributed by atoms with Crippen LogP contribution in [0.2, 0.25) is 0 Å². The van der Waals surface area contributed by atoms with Crippen LogP contribution in [0.5, 0.6) is 11.5 Å². The molecule has 0 radical (unpaired) electrons. The van der Waals surface area contributed by atoms with Gasteiger partial charge in [0, 0.05) is 6.54 Å². The highest BCUT2D eigenvalue weighted by Gasteiger charge is 2.09. The van der Waals surface area contributed by atoms with Gasteiger partial charge in [-0.1, -0.05) is 36.4 Å². The maximum atomic E-state index is 12.0. The van der Waals surface area contributed by atoms with Gasteiger partial charge in [0.2, 0.25) is 0 Å². The average molecular weight is 336 g/mol. The van der Waals surface area contributed by atoms with Gasteiger partial charge in [-0.05, 0) is 48.6 Å². The molecule has 2 aromatic carbocycles. The van der Waals surface area contributed by atoms with Crippen molar-refractivity contribution in [2.45, 2.75) is 19.3 Å². The summed E-state index contributed by atoms with van der Waals surface area (Å²) in [6.45, 7) is 0.492. The highest BCUT2D eigenvalue weighted by molar-refractivity contribution is 6.01. The van der Waals surface area contributed by atoms with Gasteiger partial charge in [0.15, 0.2) is 11.5 Å². The first-order valence-electron chi connectivity index (χ1n) is 8.06. The van der Waals surface area contributed by atoms with Crippen molar-refractivity contribution in [2.75, 3.05) is 6.54 Å². The Morgan fingerprint density at radius 2 is 1.84 bits per heavy atom. The lowest BCUT2D eigenvalue weighted by molar-refractivity contribution is -0.117. The first-order chi connectivity index (χ1) is 12.1. The van der Waals surface area contributed by atoms with E-state index in [1.807, 2.05) is 24.3 Å². The normalized spacial score (nSPS) is 10.9. The third-order valence-electron chi connectivity index (χ3n) is 3.70. The summed E-state index contributed by atoms with van der Waals surface area (Å²) in [5, 5.41) is 30.6. The van der Waals surface area contributed by atoms with E-state index in [4.69, 9.17) is 5.26 Å². The van der Waals surface area contributed by atoms with E-state index >= 15 is 0 Å². The minimum atomic E-state index is -0.449. The number of unbranched alkanes of at least 4 members (excludes halogenated alkanes) is 1. The van der Waals surface area contributed by atoms with Crippen LogP contribution in [0.4, 0.5) is 0 Å². The predicted octanol–water partition coefficient (Wildman–Crippen LogP) is 3.14. The van der Waals surface area contributed by atoms with Crippen molar-refractivity contribution in [3.63, 3.8) is 0 Å². The zero-order chi connectivity index (χ0) is 18.1. The van der Waals surface area contributed by atoms with Crippen molar-refractivity contribution < 1.29 is 15.0 Å². The van der Waals surface area contributed by atoms with Gasteiger partial charge in [0.25, 0.3) is 5.91 Å². The number of phenols is 2.